The molecule has 0 atom stereocenters. The molecule has 0 amide bonds. The third kappa shape index (κ3) is 5.51. The molecule has 0 aliphatic heterocycles. The minimum Gasteiger partial charge on any atom is -0.508 e. The molecule has 0 saturated heterocycles. The van der Waals surface area contributed by atoms with Gasteiger partial charge in [-0.1, -0.05) is 24.3 Å². The Balaban J connectivity index is 1.88. The number of carbonyl (C=O) groups excluding carboxylic acids is 2. The van der Waals surface area contributed by atoms with Gasteiger partial charge in [0.15, 0.2) is 0 Å². The molecule has 2 aromatic rings. The number of phenolic OH excluding ortho intramolecular Hbond substituents is 2. The number of hydrogen-bond donors (Lipinski definition) is 2. The van der Waals surface area contributed by atoms with E-state index >= 15 is 0 Å². The fourth-order valence-electron chi connectivity index (χ4n) is 1.67. The normalized spacial score (nSPS) is 11.0. The first-order valence-corrected chi connectivity index (χ1v) is 6.73. The summed E-state index contributed by atoms with van der Waals surface area (Å²) in [5.74, 6) is -1.34. The van der Waals surface area contributed by atoms with Crippen molar-refractivity contribution >= 4 is 24.1 Å². The minimum absolute atomic E-state index is 0.124. The third-order valence-electron chi connectivity index (χ3n) is 2.81. The topological polar surface area (TPSA) is 83.8 Å². The van der Waals surface area contributed by atoms with Gasteiger partial charge >= 0.3 is 11.9 Å². The molecule has 2 N–H and O–H groups in total. The average molecular weight is 310 g/mol. The third-order valence-corrected chi connectivity index (χ3v) is 2.81. The summed E-state index contributed by atoms with van der Waals surface area (Å²) >= 11 is 0. The van der Waals surface area contributed by atoms with Crippen molar-refractivity contribution in [2.45, 2.75) is 0 Å². The van der Waals surface area contributed by atoms with Crippen molar-refractivity contribution in [3.05, 3.63) is 71.8 Å². The Bertz CT molecular complexity index is 674. The van der Waals surface area contributed by atoms with Crippen LogP contribution >= 0.6 is 0 Å². The number of esters is 2. The zero-order valence-electron chi connectivity index (χ0n) is 12.0. The summed E-state index contributed by atoms with van der Waals surface area (Å²) < 4.78 is 4.59. The summed E-state index contributed by atoms with van der Waals surface area (Å²) in [6.07, 6.45) is 5.19. The Morgan fingerprint density at radius 3 is 1.39 bits per heavy atom. The van der Waals surface area contributed by atoms with Crippen LogP contribution < -0.4 is 0 Å². The molecular weight excluding hydrogens is 296 g/mol. The largest absolute Gasteiger partial charge is 0.508 e. The molecule has 116 valence electrons. The molecule has 0 bridgehead atoms. The molecule has 0 heterocycles. The fourth-order valence-corrected chi connectivity index (χ4v) is 1.67. The number of hydrogen-bond acceptors (Lipinski definition) is 5. The van der Waals surface area contributed by atoms with Gasteiger partial charge in [0.1, 0.15) is 11.5 Å². The van der Waals surface area contributed by atoms with E-state index in [-0.39, 0.29) is 11.5 Å². The molecule has 23 heavy (non-hydrogen) atoms. The van der Waals surface area contributed by atoms with Crippen LogP contribution in [0, 0.1) is 0 Å². The first-order chi connectivity index (χ1) is 11.0. The number of phenols is 2. The second kappa shape index (κ2) is 7.61. The highest BCUT2D eigenvalue weighted by Crippen LogP contribution is 2.11. The van der Waals surface area contributed by atoms with E-state index in [1.54, 1.807) is 24.3 Å². The standard InChI is InChI=1S/C18H14O5/c19-15-7-1-13(2-8-15)5-11-17(21)23-18(22)12-6-14-3-9-16(20)10-4-14/h1-12,19-20H. The zero-order chi connectivity index (χ0) is 16.7. The molecule has 0 fully saturated rings. The van der Waals surface area contributed by atoms with Crippen LogP contribution in [-0.4, -0.2) is 22.2 Å². The van der Waals surface area contributed by atoms with Gasteiger partial charge in [0, 0.05) is 12.2 Å². The van der Waals surface area contributed by atoms with Crippen LogP contribution in [0.25, 0.3) is 12.2 Å². The molecule has 0 aliphatic rings. The highest BCUT2D eigenvalue weighted by Gasteiger charge is 2.03. The fraction of sp³-hybridized carbons (Fsp3) is 0. The lowest BCUT2D eigenvalue weighted by Gasteiger charge is -1.96. The van der Waals surface area contributed by atoms with E-state index in [9.17, 15) is 9.59 Å². The van der Waals surface area contributed by atoms with Crippen LogP contribution in [-0.2, 0) is 14.3 Å². The summed E-state index contributed by atoms with van der Waals surface area (Å²) in [5.41, 5.74) is 1.37. The number of carbonyl (C=O) groups is 2. The van der Waals surface area contributed by atoms with Gasteiger partial charge in [0.2, 0.25) is 0 Å². The second-order valence-electron chi connectivity index (χ2n) is 4.59. The molecule has 2 aromatic carbocycles. The van der Waals surface area contributed by atoms with E-state index in [1.807, 2.05) is 0 Å². The van der Waals surface area contributed by atoms with Crippen LogP contribution in [0.5, 0.6) is 11.5 Å². The van der Waals surface area contributed by atoms with E-state index in [0.29, 0.717) is 11.1 Å². The Labute approximate surface area is 132 Å². The monoisotopic (exact) mass is 310 g/mol. The van der Waals surface area contributed by atoms with Crippen LogP contribution in [0.4, 0.5) is 0 Å². The summed E-state index contributed by atoms with van der Waals surface area (Å²) in [6.45, 7) is 0. The molecule has 0 unspecified atom stereocenters. The van der Waals surface area contributed by atoms with E-state index in [2.05, 4.69) is 4.74 Å². The maximum atomic E-state index is 11.5. The predicted octanol–water partition coefficient (Wildman–Crippen LogP) is 2.89. The molecule has 0 spiro atoms. The summed E-state index contributed by atoms with van der Waals surface area (Å²) in [7, 11) is 0. The van der Waals surface area contributed by atoms with E-state index < -0.39 is 11.9 Å². The van der Waals surface area contributed by atoms with Gasteiger partial charge in [-0.2, -0.15) is 0 Å². The molecule has 5 heteroatoms. The first-order valence-electron chi connectivity index (χ1n) is 6.73. The number of aromatic hydroxyl groups is 2. The summed E-state index contributed by atoms with van der Waals surface area (Å²) in [6, 6.07) is 12.4. The molecule has 2 rings (SSSR count). The van der Waals surface area contributed by atoms with Crippen molar-refractivity contribution in [3.63, 3.8) is 0 Å². The lowest BCUT2D eigenvalue weighted by atomic mass is 10.2. The van der Waals surface area contributed by atoms with Gasteiger partial charge in [-0.05, 0) is 47.5 Å². The molecular formula is C18H14O5. The van der Waals surface area contributed by atoms with Gasteiger partial charge in [0.05, 0.1) is 0 Å². The SMILES string of the molecule is O=C(C=Cc1ccc(O)cc1)OC(=O)C=Cc1ccc(O)cc1. The zero-order valence-corrected chi connectivity index (χ0v) is 12.0. The quantitative estimate of drug-likeness (QED) is 0.515. The Morgan fingerprint density at radius 1 is 0.696 bits per heavy atom. The van der Waals surface area contributed by atoms with Gasteiger partial charge in [0.25, 0.3) is 0 Å². The Morgan fingerprint density at radius 2 is 1.04 bits per heavy atom. The molecule has 0 radical (unpaired) electrons. The molecule has 0 aliphatic carbocycles. The predicted molar refractivity (Wildman–Crippen MR) is 85.4 cm³/mol. The van der Waals surface area contributed by atoms with Crippen molar-refractivity contribution in [2.24, 2.45) is 0 Å². The lowest BCUT2D eigenvalue weighted by Crippen LogP contribution is -2.06. The summed E-state index contributed by atoms with van der Waals surface area (Å²) in [4.78, 5) is 23.0. The molecule has 5 nitrogen and oxygen atoms in total. The van der Waals surface area contributed by atoms with Gasteiger partial charge in [-0.25, -0.2) is 9.59 Å². The van der Waals surface area contributed by atoms with Crippen molar-refractivity contribution < 1.29 is 24.5 Å². The average Bonchev–Trinajstić information content (AvgIpc) is 2.54. The van der Waals surface area contributed by atoms with Gasteiger partial charge in [-0.3, -0.25) is 0 Å². The number of rotatable bonds is 4. The van der Waals surface area contributed by atoms with Crippen LogP contribution in [0.3, 0.4) is 0 Å². The lowest BCUT2D eigenvalue weighted by molar-refractivity contribution is -0.152. The Kier molecular flexibility index (Phi) is 5.30. The van der Waals surface area contributed by atoms with Gasteiger partial charge in [-0.15, -0.1) is 0 Å². The molecule has 0 aromatic heterocycles. The highest BCUT2D eigenvalue weighted by atomic mass is 16.6. The van der Waals surface area contributed by atoms with Crippen molar-refractivity contribution in [1.82, 2.24) is 0 Å². The number of ether oxygens (including phenoxy) is 1. The van der Waals surface area contributed by atoms with Crippen LogP contribution in [0.15, 0.2) is 60.7 Å². The van der Waals surface area contributed by atoms with E-state index in [1.165, 1.54) is 36.4 Å². The van der Waals surface area contributed by atoms with Crippen molar-refractivity contribution in [2.75, 3.05) is 0 Å². The van der Waals surface area contributed by atoms with Crippen LogP contribution in [0.1, 0.15) is 11.1 Å². The first kappa shape index (κ1) is 16.0. The maximum Gasteiger partial charge on any atom is 0.338 e. The van der Waals surface area contributed by atoms with Crippen LogP contribution in [0.2, 0.25) is 0 Å². The second-order valence-corrected chi connectivity index (χ2v) is 4.59. The van der Waals surface area contributed by atoms with Crippen molar-refractivity contribution in [3.8, 4) is 11.5 Å². The minimum atomic E-state index is -0.793. The highest BCUT2D eigenvalue weighted by molar-refractivity contribution is 5.99. The van der Waals surface area contributed by atoms with E-state index in [0.717, 1.165) is 12.2 Å². The number of benzene rings is 2. The van der Waals surface area contributed by atoms with Gasteiger partial charge < -0.3 is 14.9 Å². The molecule has 0 saturated carbocycles. The summed E-state index contributed by atoms with van der Waals surface area (Å²) in [5, 5.41) is 18.3. The smallest absolute Gasteiger partial charge is 0.338 e. The Hall–Kier alpha value is -3.34. The van der Waals surface area contributed by atoms with Crippen molar-refractivity contribution in [1.29, 1.82) is 0 Å². The maximum absolute atomic E-state index is 11.5. The van der Waals surface area contributed by atoms with E-state index in [4.69, 9.17) is 10.2 Å².